The highest BCUT2D eigenvalue weighted by atomic mass is 16.5. The zero-order valence-electron chi connectivity index (χ0n) is 12.9. The van der Waals surface area contributed by atoms with Crippen molar-refractivity contribution in [2.75, 3.05) is 7.11 Å². The Morgan fingerprint density at radius 1 is 1.29 bits per heavy atom. The van der Waals surface area contributed by atoms with Crippen molar-refractivity contribution in [2.45, 2.75) is 33.1 Å². The van der Waals surface area contributed by atoms with E-state index < -0.39 is 5.97 Å². The average Bonchev–Trinajstić information content (AvgIpc) is 2.86. The number of methoxy groups -OCH3 is 1. The minimum absolute atomic E-state index is 0.0810. The van der Waals surface area contributed by atoms with Gasteiger partial charge in [-0.05, 0) is 36.1 Å². The zero-order valence-corrected chi connectivity index (χ0v) is 12.9. The summed E-state index contributed by atoms with van der Waals surface area (Å²) >= 11 is 0. The van der Waals surface area contributed by atoms with Gasteiger partial charge in [-0.15, -0.1) is 0 Å². The van der Waals surface area contributed by atoms with Gasteiger partial charge in [0.25, 0.3) is 0 Å². The number of aromatic nitrogens is 2. The molecule has 0 bridgehead atoms. The first-order valence-corrected chi connectivity index (χ1v) is 6.72. The van der Waals surface area contributed by atoms with Crippen LogP contribution in [0.3, 0.4) is 0 Å². The van der Waals surface area contributed by atoms with Crippen molar-refractivity contribution >= 4 is 5.97 Å². The summed E-state index contributed by atoms with van der Waals surface area (Å²) in [5, 5.41) is 15.6. The van der Waals surface area contributed by atoms with Gasteiger partial charge in [-0.2, -0.15) is 5.10 Å². The van der Waals surface area contributed by atoms with Crippen LogP contribution in [0, 0.1) is 6.92 Å². The van der Waals surface area contributed by atoms with E-state index in [1.165, 1.54) is 0 Å². The highest BCUT2D eigenvalue weighted by molar-refractivity contribution is 5.87. The Bertz CT molecular complexity index is 681. The number of carboxylic acids is 1. The lowest BCUT2D eigenvalue weighted by Gasteiger charge is -2.23. The molecular weight excluding hydrogens is 268 g/mol. The first kappa shape index (κ1) is 15.1. The molecule has 0 saturated carbocycles. The monoisotopic (exact) mass is 288 g/mol. The number of nitrogens with one attached hydrogen (secondary N) is 1. The van der Waals surface area contributed by atoms with Crippen LogP contribution in [0.15, 0.2) is 18.2 Å². The lowest BCUT2D eigenvalue weighted by molar-refractivity contribution is 0.0690. The maximum atomic E-state index is 11.0. The minimum atomic E-state index is -1.02. The molecule has 1 aromatic carbocycles. The van der Waals surface area contributed by atoms with Crippen molar-refractivity contribution in [2.24, 2.45) is 0 Å². The lowest BCUT2D eigenvalue weighted by atomic mass is 9.84. The number of aryl methyl sites for hydroxylation is 1. The second kappa shape index (κ2) is 5.24. The summed E-state index contributed by atoms with van der Waals surface area (Å²) in [5.74, 6) is -0.186. The molecule has 112 valence electrons. The number of rotatable bonds is 3. The predicted octanol–water partition coefficient (Wildman–Crippen LogP) is 3.39. The van der Waals surface area contributed by atoms with E-state index in [1.807, 2.05) is 19.1 Å². The third kappa shape index (κ3) is 2.91. The number of aromatic amines is 1. The fourth-order valence-electron chi connectivity index (χ4n) is 2.28. The first-order chi connectivity index (χ1) is 9.74. The molecular formula is C16H20N2O3. The Balaban J connectivity index is 2.60. The van der Waals surface area contributed by atoms with Crippen molar-refractivity contribution < 1.29 is 14.6 Å². The van der Waals surface area contributed by atoms with Crippen molar-refractivity contribution in [1.29, 1.82) is 0 Å². The maximum Gasteiger partial charge on any atom is 0.353 e. The molecule has 21 heavy (non-hydrogen) atoms. The molecule has 5 heteroatoms. The van der Waals surface area contributed by atoms with E-state index in [2.05, 4.69) is 31.0 Å². The summed E-state index contributed by atoms with van der Waals surface area (Å²) in [6.07, 6.45) is 0. The lowest BCUT2D eigenvalue weighted by Crippen LogP contribution is -2.13. The molecule has 0 atom stereocenters. The zero-order chi connectivity index (χ0) is 15.8. The first-order valence-electron chi connectivity index (χ1n) is 6.72. The number of nitrogens with zero attached hydrogens (tertiary/aromatic N) is 1. The highest BCUT2D eigenvalue weighted by Crippen LogP contribution is 2.36. The fraction of sp³-hybridized carbons (Fsp3) is 0.375. The van der Waals surface area contributed by atoms with Gasteiger partial charge in [0.2, 0.25) is 0 Å². The number of hydrogen-bond acceptors (Lipinski definition) is 3. The Morgan fingerprint density at radius 3 is 2.43 bits per heavy atom. The van der Waals surface area contributed by atoms with Crippen LogP contribution in [0.5, 0.6) is 5.75 Å². The molecule has 0 aliphatic rings. The van der Waals surface area contributed by atoms with Crippen LogP contribution >= 0.6 is 0 Å². The van der Waals surface area contributed by atoms with Gasteiger partial charge in [-0.25, -0.2) is 4.79 Å². The van der Waals surface area contributed by atoms with E-state index >= 15 is 0 Å². The Hall–Kier alpha value is -2.30. The SMILES string of the molecule is COc1cc(C)c(-c2cc(C(=O)O)[nH]n2)cc1C(C)(C)C. The topological polar surface area (TPSA) is 75.2 Å². The number of ether oxygens (including phenoxy) is 1. The van der Waals surface area contributed by atoms with E-state index in [4.69, 9.17) is 9.84 Å². The van der Waals surface area contributed by atoms with Crippen molar-refractivity contribution in [3.63, 3.8) is 0 Å². The molecule has 0 spiro atoms. The molecule has 0 saturated heterocycles. The minimum Gasteiger partial charge on any atom is -0.496 e. The summed E-state index contributed by atoms with van der Waals surface area (Å²) in [6, 6.07) is 5.53. The molecule has 2 aromatic rings. The molecule has 2 rings (SSSR count). The van der Waals surface area contributed by atoms with Gasteiger partial charge in [0.05, 0.1) is 12.8 Å². The van der Waals surface area contributed by atoms with E-state index in [-0.39, 0.29) is 11.1 Å². The highest BCUT2D eigenvalue weighted by Gasteiger charge is 2.22. The summed E-state index contributed by atoms with van der Waals surface area (Å²) in [6.45, 7) is 8.28. The second-order valence-electron chi connectivity index (χ2n) is 6.09. The van der Waals surface area contributed by atoms with Crippen LogP contribution in [0.4, 0.5) is 0 Å². The molecule has 1 aromatic heterocycles. The number of hydrogen-bond donors (Lipinski definition) is 2. The molecule has 2 N–H and O–H groups in total. The number of benzene rings is 1. The van der Waals surface area contributed by atoms with Gasteiger partial charge in [0.1, 0.15) is 11.4 Å². The maximum absolute atomic E-state index is 11.0. The summed E-state index contributed by atoms with van der Waals surface area (Å²) in [5.41, 5.74) is 3.58. The summed E-state index contributed by atoms with van der Waals surface area (Å²) in [7, 11) is 1.65. The molecule has 0 aliphatic carbocycles. The summed E-state index contributed by atoms with van der Waals surface area (Å²) < 4.78 is 5.46. The van der Waals surface area contributed by atoms with Gasteiger partial charge in [-0.3, -0.25) is 5.10 Å². The normalized spacial score (nSPS) is 11.5. The smallest absolute Gasteiger partial charge is 0.353 e. The van der Waals surface area contributed by atoms with Gasteiger partial charge in [0, 0.05) is 11.1 Å². The van der Waals surface area contributed by atoms with E-state index in [9.17, 15) is 4.79 Å². The Labute approximate surface area is 124 Å². The third-order valence-corrected chi connectivity index (χ3v) is 3.44. The van der Waals surface area contributed by atoms with Crippen LogP contribution in [0.2, 0.25) is 0 Å². The van der Waals surface area contributed by atoms with Gasteiger partial charge in [-0.1, -0.05) is 20.8 Å². The quantitative estimate of drug-likeness (QED) is 0.907. The molecule has 1 heterocycles. The molecule has 0 amide bonds. The van der Waals surface area contributed by atoms with Crippen LogP contribution in [0.1, 0.15) is 42.4 Å². The number of H-pyrrole nitrogens is 1. The van der Waals surface area contributed by atoms with Crippen molar-refractivity contribution in [1.82, 2.24) is 10.2 Å². The van der Waals surface area contributed by atoms with E-state index in [1.54, 1.807) is 13.2 Å². The molecule has 5 nitrogen and oxygen atoms in total. The van der Waals surface area contributed by atoms with Gasteiger partial charge >= 0.3 is 5.97 Å². The summed E-state index contributed by atoms with van der Waals surface area (Å²) in [4.78, 5) is 11.0. The van der Waals surface area contributed by atoms with Gasteiger partial charge < -0.3 is 9.84 Å². The standard InChI is InChI=1S/C16H20N2O3/c1-9-6-14(21-5)11(16(2,3)4)7-10(9)12-8-13(15(19)20)18-17-12/h6-8H,1-5H3,(H,17,18)(H,19,20). The predicted molar refractivity (Wildman–Crippen MR) is 81.0 cm³/mol. The molecule has 0 unspecified atom stereocenters. The van der Waals surface area contributed by atoms with Crippen LogP contribution in [-0.2, 0) is 5.41 Å². The Kier molecular flexibility index (Phi) is 3.77. The number of aromatic carboxylic acids is 1. The molecule has 0 fully saturated rings. The third-order valence-electron chi connectivity index (χ3n) is 3.44. The Morgan fingerprint density at radius 2 is 1.95 bits per heavy atom. The van der Waals surface area contributed by atoms with Crippen molar-refractivity contribution in [3.05, 3.63) is 35.0 Å². The van der Waals surface area contributed by atoms with Crippen molar-refractivity contribution in [3.8, 4) is 17.0 Å². The van der Waals surface area contributed by atoms with Crippen LogP contribution in [-0.4, -0.2) is 28.4 Å². The fourth-order valence-corrected chi connectivity index (χ4v) is 2.28. The van der Waals surface area contributed by atoms with Crippen LogP contribution in [0.25, 0.3) is 11.3 Å². The van der Waals surface area contributed by atoms with E-state index in [0.717, 1.165) is 22.4 Å². The van der Waals surface area contributed by atoms with E-state index in [0.29, 0.717) is 5.69 Å². The number of carbonyl (C=O) groups is 1. The largest absolute Gasteiger partial charge is 0.496 e. The van der Waals surface area contributed by atoms with Crippen LogP contribution < -0.4 is 4.74 Å². The molecule has 0 aliphatic heterocycles. The number of carboxylic acid groups (broad SMARTS) is 1. The average molecular weight is 288 g/mol. The second-order valence-corrected chi connectivity index (χ2v) is 6.09. The van der Waals surface area contributed by atoms with Gasteiger partial charge in [0.15, 0.2) is 0 Å². The molecule has 0 radical (unpaired) electrons.